The van der Waals surface area contributed by atoms with Gasteiger partial charge in [0.2, 0.25) is 21.8 Å². The van der Waals surface area contributed by atoms with Crippen LogP contribution in [-0.2, 0) is 24.3 Å². The fraction of sp³-hybridized carbons (Fsp3) is 0.615. The van der Waals surface area contributed by atoms with Gasteiger partial charge in [0.05, 0.1) is 24.5 Å². The van der Waals surface area contributed by atoms with Crippen LogP contribution in [0.25, 0.3) is 6.08 Å². The Morgan fingerprint density at radius 3 is 2.54 bits per heavy atom. The lowest BCUT2D eigenvalue weighted by Gasteiger charge is -2.42. The number of likely N-dealkylation sites (N-methyl/N-ethyl adjacent to an activating group) is 2. The highest BCUT2D eigenvalue weighted by molar-refractivity contribution is 7.89. The summed E-state index contributed by atoms with van der Waals surface area (Å²) in [5.74, 6) is 0.607. The van der Waals surface area contributed by atoms with Crippen molar-refractivity contribution in [3.05, 3.63) is 29.8 Å². The van der Waals surface area contributed by atoms with E-state index in [1.807, 2.05) is 11.9 Å². The summed E-state index contributed by atoms with van der Waals surface area (Å²) in [6.07, 6.45) is 3.19. The molecule has 0 spiro atoms. The van der Waals surface area contributed by atoms with E-state index in [1.165, 1.54) is 24.5 Å². The molecule has 0 aromatic heterocycles. The van der Waals surface area contributed by atoms with Crippen molar-refractivity contribution in [2.75, 3.05) is 74.2 Å². The summed E-state index contributed by atoms with van der Waals surface area (Å²) >= 11 is 0. The molecule has 37 heavy (non-hydrogen) atoms. The van der Waals surface area contributed by atoms with Crippen LogP contribution in [0.5, 0.6) is 5.75 Å². The Kier molecular flexibility index (Phi) is 9.74. The molecule has 2 aliphatic heterocycles. The molecule has 1 unspecified atom stereocenters. The van der Waals surface area contributed by atoms with E-state index in [2.05, 4.69) is 11.5 Å². The highest BCUT2D eigenvalue weighted by Crippen LogP contribution is 2.29. The number of ether oxygens (including phenoxy) is 2. The molecule has 0 saturated carbocycles. The number of methoxy groups -OCH3 is 1. The average molecular weight is 537 g/mol. The number of carbonyl (C=O) groups excluding carboxylic acids is 2. The standard InChI is InChI=1S/C26H40N4O6S/c1-7-20-14-23(35-6)13-19(2)25(20)37(33,34)28(4)11-12-36-18-24(31)29(5)22-9-8-10-30(17-22)26(32)21-15-27(3)16-21/h7,13-14,21-22H,1,8-12,15-18H2,2-6H3. The van der Waals surface area contributed by atoms with Crippen molar-refractivity contribution < 1.29 is 27.5 Å². The second-order valence-corrected chi connectivity index (χ2v) is 11.9. The Morgan fingerprint density at radius 1 is 1.22 bits per heavy atom. The van der Waals surface area contributed by atoms with Crippen LogP contribution in [0, 0.1) is 12.8 Å². The number of nitrogens with zero attached hydrogens (tertiary/aromatic N) is 4. The van der Waals surface area contributed by atoms with E-state index in [1.54, 1.807) is 31.0 Å². The molecule has 2 aliphatic rings. The molecule has 0 bridgehead atoms. The molecule has 0 N–H and O–H groups in total. The highest BCUT2D eigenvalue weighted by Gasteiger charge is 2.36. The predicted molar refractivity (Wildman–Crippen MR) is 142 cm³/mol. The zero-order valence-electron chi connectivity index (χ0n) is 22.6. The van der Waals surface area contributed by atoms with Gasteiger partial charge in [-0.05, 0) is 50.1 Å². The van der Waals surface area contributed by atoms with Crippen molar-refractivity contribution in [1.29, 1.82) is 0 Å². The molecule has 3 rings (SSSR count). The number of sulfonamides is 1. The summed E-state index contributed by atoms with van der Waals surface area (Å²) in [6, 6.07) is 3.25. The SMILES string of the molecule is C=Cc1cc(OC)cc(C)c1S(=O)(=O)N(C)CCOCC(=O)N(C)C1CCCN(C(=O)C2CN(C)C2)C1. The molecule has 1 atom stereocenters. The van der Waals surface area contributed by atoms with Crippen LogP contribution in [0.3, 0.4) is 0 Å². The van der Waals surface area contributed by atoms with Crippen LogP contribution in [0.15, 0.2) is 23.6 Å². The van der Waals surface area contributed by atoms with Gasteiger partial charge in [0.25, 0.3) is 0 Å². The maximum atomic E-state index is 13.2. The highest BCUT2D eigenvalue weighted by atomic mass is 32.2. The molecule has 10 nitrogen and oxygen atoms in total. The monoisotopic (exact) mass is 536 g/mol. The van der Waals surface area contributed by atoms with Crippen molar-refractivity contribution in [1.82, 2.24) is 19.0 Å². The normalized spacial score (nSPS) is 19.0. The third-order valence-corrected chi connectivity index (χ3v) is 9.32. The van der Waals surface area contributed by atoms with Gasteiger partial charge < -0.3 is 24.2 Å². The fourth-order valence-electron chi connectivity index (χ4n) is 4.91. The van der Waals surface area contributed by atoms with E-state index >= 15 is 0 Å². The van der Waals surface area contributed by atoms with Gasteiger partial charge in [-0.25, -0.2) is 8.42 Å². The number of rotatable bonds is 11. The average Bonchev–Trinajstić information content (AvgIpc) is 2.87. The Bertz CT molecular complexity index is 1100. The third-order valence-electron chi connectivity index (χ3n) is 7.24. The minimum atomic E-state index is -3.80. The zero-order valence-corrected chi connectivity index (χ0v) is 23.4. The number of aryl methyl sites for hydroxylation is 1. The fourth-order valence-corrected chi connectivity index (χ4v) is 6.44. The van der Waals surface area contributed by atoms with Gasteiger partial charge in [-0.15, -0.1) is 0 Å². The lowest BCUT2D eigenvalue weighted by molar-refractivity contribution is -0.146. The van der Waals surface area contributed by atoms with Gasteiger partial charge in [-0.2, -0.15) is 4.31 Å². The van der Waals surface area contributed by atoms with Gasteiger partial charge in [-0.3, -0.25) is 9.59 Å². The number of hydrogen-bond acceptors (Lipinski definition) is 7. The molecule has 0 aliphatic carbocycles. The minimum absolute atomic E-state index is 0.0509. The summed E-state index contributed by atoms with van der Waals surface area (Å²) in [6.45, 7) is 8.30. The second-order valence-electron chi connectivity index (χ2n) is 9.95. The van der Waals surface area contributed by atoms with Crippen molar-refractivity contribution >= 4 is 27.9 Å². The molecular formula is C26H40N4O6S. The molecule has 2 saturated heterocycles. The molecule has 11 heteroatoms. The first-order valence-corrected chi connectivity index (χ1v) is 14.0. The summed E-state index contributed by atoms with van der Waals surface area (Å²) in [7, 11) is 2.94. The number of likely N-dealkylation sites (tertiary alicyclic amines) is 2. The van der Waals surface area contributed by atoms with Crippen LogP contribution >= 0.6 is 0 Å². The maximum Gasteiger partial charge on any atom is 0.248 e. The van der Waals surface area contributed by atoms with Gasteiger partial charge in [-0.1, -0.05) is 12.7 Å². The van der Waals surface area contributed by atoms with E-state index in [0.717, 1.165) is 32.5 Å². The number of benzene rings is 1. The van der Waals surface area contributed by atoms with Crippen molar-refractivity contribution in [2.45, 2.75) is 30.7 Å². The van der Waals surface area contributed by atoms with Crippen molar-refractivity contribution in [3.8, 4) is 5.75 Å². The molecule has 0 radical (unpaired) electrons. The number of carbonyl (C=O) groups is 2. The first-order valence-electron chi connectivity index (χ1n) is 12.6. The molecule has 206 valence electrons. The first kappa shape index (κ1) is 29.1. The Balaban J connectivity index is 1.49. The van der Waals surface area contributed by atoms with E-state index in [4.69, 9.17) is 9.47 Å². The Hall–Kier alpha value is -2.47. The van der Waals surface area contributed by atoms with Crippen LogP contribution in [0.4, 0.5) is 0 Å². The molecule has 1 aromatic carbocycles. The molecular weight excluding hydrogens is 496 g/mol. The van der Waals surface area contributed by atoms with E-state index < -0.39 is 10.0 Å². The third kappa shape index (κ3) is 6.70. The number of hydrogen-bond donors (Lipinski definition) is 0. The molecule has 2 heterocycles. The smallest absolute Gasteiger partial charge is 0.248 e. The van der Waals surface area contributed by atoms with Crippen LogP contribution in [-0.4, -0.2) is 119 Å². The quantitative estimate of drug-likeness (QED) is 0.393. The molecule has 2 amide bonds. The van der Waals surface area contributed by atoms with Gasteiger partial charge in [0.15, 0.2) is 0 Å². The van der Waals surface area contributed by atoms with Gasteiger partial charge in [0, 0.05) is 52.9 Å². The molecule has 2 fully saturated rings. The Labute approximate surface area is 220 Å². The molecule has 1 aromatic rings. The van der Waals surface area contributed by atoms with Gasteiger partial charge >= 0.3 is 0 Å². The van der Waals surface area contributed by atoms with Crippen LogP contribution < -0.4 is 4.74 Å². The zero-order chi connectivity index (χ0) is 27.3. The minimum Gasteiger partial charge on any atom is -0.497 e. The predicted octanol–water partition coefficient (Wildman–Crippen LogP) is 1.29. The maximum absolute atomic E-state index is 13.2. The van der Waals surface area contributed by atoms with Crippen molar-refractivity contribution in [2.24, 2.45) is 5.92 Å². The first-order chi connectivity index (χ1) is 17.5. The van der Waals surface area contributed by atoms with E-state index in [-0.39, 0.29) is 48.4 Å². The van der Waals surface area contributed by atoms with Crippen molar-refractivity contribution in [3.63, 3.8) is 0 Å². The van der Waals surface area contributed by atoms with Crippen LogP contribution in [0.2, 0.25) is 0 Å². The lowest BCUT2D eigenvalue weighted by Crippen LogP contribution is -2.57. The topological polar surface area (TPSA) is 99.7 Å². The number of piperidine rings is 1. The summed E-state index contributed by atoms with van der Waals surface area (Å²) < 4.78 is 38.5. The largest absolute Gasteiger partial charge is 0.497 e. The second kappa shape index (κ2) is 12.4. The van der Waals surface area contributed by atoms with E-state index in [9.17, 15) is 18.0 Å². The van der Waals surface area contributed by atoms with Crippen LogP contribution in [0.1, 0.15) is 24.0 Å². The van der Waals surface area contributed by atoms with E-state index in [0.29, 0.717) is 23.4 Å². The Morgan fingerprint density at radius 2 is 1.92 bits per heavy atom. The van der Waals surface area contributed by atoms with Gasteiger partial charge in [0.1, 0.15) is 12.4 Å². The lowest BCUT2D eigenvalue weighted by atomic mass is 9.96. The summed E-state index contributed by atoms with van der Waals surface area (Å²) in [5, 5.41) is 0. The number of amides is 2. The summed E-state index contributed by atoms with van der Waals surface area (Å²) in [5.41, 5.74) is 1.02. The summed E-state index contributed by atoms with van der Waals surface area (Å²) in [4.78, 5) is 31.3.